The van der Waals surface area contributed by atoms with Crippen molar-refractivity contribution >= 4 is 8.32 Å². The van der Waals surface area contributed by atoms with Gasteiger partial charge in [0.05, 0.1) is 0 Å². The molecule has 0 fully saturated rings. The third-order valence-corrected chi connectivity index (χ3v) is 7.04. The predicted molar refractivity (Wildman–Crippen MR) is 56.6 cm³/mol. The second-order valence-corrected chi connectivity index (χ2v) is 9.37. The van der Waals surface area contributed by atoms with Gasteiger partial charge in [-0.1, -0.05) is 20.8 Å². The molecule has 13 heavy (non-hydrogen) atoms. The maximum Gasteiger partial charge on any atom is 1.00 e. The summed E-state index contributed by atoms with van der Waals surface area (Å²) in [4.78, 5) is 0. The van der Waals surface area contributed by atoms with E-state index < -0.39 is 8.32 Å². The average Bonchev–Trinajstić information content (AvgIpc) is 1.85. The van der Waals surface area contributed by atoms with Gasteiger partial charge in [-0.05, 0) is 18.1 Å². The van der Waals surface area contributed by atoms with Crippen LogP contribution in [0.1, 0.15) is 27.7 Å². The molecule has 3 heteroatoms. The minimum absolute atomic E-state index is 0. The first-order chi connectivity index (χ1) is 5.31. The maximum atomic E-state index is 5.86. The smallest absolute Gasteiger partial charge is 0.502 e. The van der Waals surface area contributed by atoms with E-state index in [1.54, 1.807) is 0 Å². The van der Waals surface area contributed by atoms with Gasteiger partial charge in [-0.15, -0.1) is 0 Å². The molecule has 0 atom stereocenters. The summed E-state index contributed by atoms with van der Waals surface area (Å²) in [6.45, 7) is 13.9. The fraction of sp³-hybridized carbons (Fsp3) is 0.800. The summed E-state index contributed by atoms with van der Waals surface area (Å²) in [7, 11) is -1.51. The molecule has 0 rings (SSSR count). The molecule has 0 bridgehead atoms. The zero-order chi connectivity index (χ0) is 9.83. The van der Waals surface area contributed by atoms with Crippen molar-refractivity contribution in [2.24, 2.45) is 0 Å². The van der Waals surface area contributed by atoms with Crippen molar-refractivity contribution in [2.75, 3.05) is 6.61 Å². The van der Waals surface area contributed by atoms with Crippen molar-refractivity contribution in [1.82, 2.24) is 0 Å². The zero-order valence-corrected chi connectivity index (χ0v) is 11.2. The van der Waals surface area contributed by atoms with Crippen molar-refractivity contribution in [3.05, 3.63) is 12.2 Å². The molecular weight excluding hydrogens is 171 g/mol. The molecule has 0 aliphatic carbocycles. The first kappa shape index (κ1) is 16.0. The molecule has 0 spiro atoms. The van der Waals surface area contributed by atoms with E-state index >= 15 is 0 Å². The Labute approximate surface area is 96.2 Å². The molecule has 0 aromatic rings. The fourth-order valence-electron chi connectivity index (χ4n) is 0.550. The second-order valence-electron chi connectivity index (χ2n) is 4.56. The molecule has 0 aliphatic rings. The molecule has 1 nitrogen and oxygen atoms in total. The number of allylic oxidation sites excluding steroid dienone is 1. The van der Waals surface area contributed by atoms with Crippen LogP contribution in [-0.4, -0.2) is 14.9 Å². The average molecular weight is 192 g/mol. The van der Waals surface area contributed by atoms with E-state index in [-0.39, 0.29) is 18.9 Å². The molecule has 0 aromatic carbocycles. The van der Waals surface area contributed by atoms with Gasteiger partial charge in [-0.3, -0.25) is 0 Å². The van der Waals surface area contributed by atoms with Gasteiger partial charge in [0.2, 0.25) is 0 Å². The summed E-state index contributed by atoms with van der Waals surface area (Å²) in [5, 5.41) is 0.314. The second kappa shape index (κ2) is 6.08. The zero-order valence-electron chi connectivity index (χ0n) is 10.2. The Morgan fingerprint density at radius 3 is 2.08 bits per heavy atom. The van der Waals surface area contributed by atoms with Crippen LogP contribution in [0, 0.1) is 6.08 Å². The van der Waals surface area contributed by atoms with Gasteiger partial charge >= 0.3 is 18.9 Å². The van der Waals surface area contributed by atoms with Gasteiger partial charge in [-0.25, -0.2) is 6.08 Å². The molecule has 0 saturated heterocycles. The summed E-state index contributed by atoms with van der Waals surface area (Å²) in [5.74, 6) is 0. The Morgan fingerprint density at radius 2 is 1.77 bits per heavy atom. The third kappa shape index (κ3) is 5.75. The Morgan fingerprint density at radius 1 is 1.31 bits per heavy atom. The van der Waals surface area contributed by atoms with Gasteiger partial charge in [0, 0.05) is 6.61 Å². The topological polar surface area (TPSA) is 9.23 Å². The Hall–Kier alpha value is 0.514. The van der Waals surface area contributed by atoms with Gasteiger partial charge in [0.1, 0.15) is 0 Å². The Bertz CT molecular complexity index is 159. The van der Waals surface area contributed by atoms with Crippen LogP contribution in [0.4, 0.5) is 0 Å². The summed E-state index contributed by atoms with van der Waals surface area (Å²) in [6.07, 6.45) is 4.91. The van der Waals surface area contributed by atoms with Crippen molar-refractivity contribution < 1.29 is 23.3 Å². The molecule has 0 N–H and O–H groups in total. The minimum Gasteiger partial charge on any atom is -0.502 e. The maximum absolute atomic E-state index is 5.86. The Kier molecular flexibility index (Phi) is 7.47. The summed E-state index contributed by atoms with van der Waals surface area (Å²) < 4.78 is 5.86. The molecule has 0 aliphatic heterocycles. The molecule has 0 saturated carbocycles. The number of rotatable bonds is 3. The van der Waals surface area contributed by atoms with Gasteiger partial charge in [0.15, 0.2) is 8.32 Å². The fourth-order valence-corrected chi connectivity index (χ4v) is 1.48. The van der Waals surface area contributed by atoms with Crippen LogP contribution in [0.25, 0.3) is 0 Å². The quantitative estimate of drug-likeness (QED) is 0.464. The predicted octanol–water partition coefficient (Wildman–Crippen LogP) is 0.391. The van der Waals surface area contributed by atoms with Crippen molar-refractivity contribution in [1.29, 1.82) is 0 Å². The Balaban J connectivity index is 0. The standard InChI is InChI=1S/C10H21OSi.Li/c1-7-8-9-11-12(5,6)10(2,3)4;/h8H,9H2,1-6H3;/q-1;+1. The SMILES string of the molecule is C[C-]=CCO[Si](C)(C)C(C)(C)C.[Li+]. The van der Waals surface area contributed by atoms with E-state index in [1.807, 2.05) is 13.0 Å². The van der Waals surface area contributed by atoms with Crippen molar-refractivity contribution in [3.8, 4) is 0 Å². The van der Waals surface area contributed by atoms with Crippen molar-refractivity contribution in [3.63, 3.8) is 0 Å². The van der Waals surface area contributed by atoms with Crippen molar-refractivity contribution in [2.45, 2.75) is 45.8 Å². The van der Waals surface area contributed by atoms with E-state index in [0.29, 0.717) is 11.6 Å². The normalized spacial score (nSPS) is 13.1. The first-order valence-corrected chi connectivity index (χ1v) is 7.35. The number of hydrogen-bond acceptors (Lipinski definition) is 1. The largest absolute Gasteiger partial charge is 1.00 e. The van der Waals surface area contributed by atoms with Crippen LogP contribution in [0.3, 0.4) is 0 Å². The number of hydrogen-bond donors (Lipinski definition) is 0. The summed E-state index contributed by atoms with van der Waals surface area (Å²) in [5.41, 5.74) is 0. The van der Waals surface area contributed by atoms with E-state index in [1.165, 1.54) is 0 Å². The third-order valence-electron chi connectivity index (χ3n) is 2.54. The molecule has 0 radical (unpaired) electrons. The van der Waals surface area contributed by atoms with E-state index in [2.05, 4.69) is 39.9 Å². The van der Waals surface area contributed by atoms with Crippen LogP contribution in [0.2, 0.25) is 18.1 Å². The summed E-state index contributed by atoms with van der Waals surface area (Å²) >= 11 is 0. The van der Waals surface area contributed by atoms with Crippen LogP contribution < -0.4 is 18.9 Å². The molecular formula is C10H21LiOSi. The molecule has 0 aromatic heterocycles. The van der Waals surface area contributed by atoms with E-state index in [0.717, 1.165) is 0 Å². The summed E-state index contributed by atoms with van der Waals surface area (Å²) in [6, 6.07) is 0. The monoisotopic (exact) mass is 192 g/mol. The van der Waals surface area contributed by atoms with Gasteiger partial charge in [0.25, 0.3) is 0 Å². The van der Waals surface area contributed by atoms with Crippen LogP contribution in [0.5, 0.6) is 0 Å². The van der Waals surface area contributed by atoms with Crippen LogP contribution in [0.15, 0.2) is 6.08 Å². The van der Waals surface area contributed by atoms with Gasteiger partial charge in [-0.2, -0.15) is 6.92 Å². The van der Waals surface area contributed by atoms with Gasteiger partial charge < -0.3 is 10.5 Å². The minimum atomic E-state index is -1.51. The van der Waals surface area contributed by atoms with Crippen LogP contribution in [-0.2, 0) is 4.43 Å². The molecule has 0 heterocycles. The molecule has 0 amide bonds. The first-order valence-electron chi connectivity index (χ1n) is 4.44. The van der Waals surface area contributed by atoms with Crippen LogP contribution >= 0.6 is 0 Å². The van der Waals surface area contributed by atoms with E-state index in [4.69, 9.17) is 4.43 Å². The molecule has 0 unspecified atom stereocenters. The van der Waals surface area contributed by atoms with E-state index in [9.17, 15) is 0 Å². The molecule has 72 valence electrons.